The van der Waals surface area contributed by atoms with Crippen molar-refractivity contribution in [3.8, 4) is 0 Å². The van der Waals surface area contributed by atoms with E-state index in [-0.39, 0.29) is 11.8 Å². The van der Waals surface area contributed by atoms with Gasteiger partial charge in [-0.25, -0.2) is 5.01 Å². The lowest BCUT2D eigenvalue weighted by atomic mass is 9.99. The number of carbonyl (C=O) groups is 2. The smallest absolute Gasteiger partial charge is 0.270 e. The van der Waals surface area contributed by atoms with Crippen molar-refractivity contribution in [1.29, 1.82) is 0 Å². The molecule has 0 radical (unpaired) electrons. The maximum absolute atomic E-state index is 12.6. The molecule has 1 saturated heterocycles. The van der Waals surface area contributed by atoms with Crippen LogP contribution in [0.25, 0.3) is 0 Å². The van der Waals surface area contributed by atoms with Crippen LogP contribution in [0.2, 0.25) is 0 Å². The number of carbonyl (C=O) groups excluding carboxylic acids is 2. The maximum Gasteiger partial charge on any atom is 0.270 e. The highest BCUT2D eigenvalue weighted by molar-refractivity contribution is 6.40. The van der Waals surface area contributed by atoms with Crippen LogP contribution in [0.15, 0.2) is 35.4 Å². The van der Waals surface area contributed by atoms with E-state index in [0.29, 0.717) is 30.2 Å². The zero-order chi connectivity index (χ0) is 15.5. The summed E-state index contributed by atoms with van der Waals surface area (Å²) in [4.78, 5) is 26.6. The molecule has 2 aliphatic heterocycles. The molecule has 1 atom stereocenters. The summed E-state index contributed by atoms with van der Waals surface area (Å²) in [5.74, 6) is 0.462. The van der Waals surface area contributed by atoms with Crippen LogP contribution in [0.5, 0.6) is 0 Å². The summed E-state index contributed by atoms with van der Waals surface area (Å²) in [7, 11) is 0. The Bertz CT molecular complexity index is 597. The first-order chi connectivity index (χ1) is 10.6. The van der Waals surface area contributed by atoms with Crippen molar-refractivity contribution in [2.75, 3.05) is 18.1 Å². The van der Waals surface area contributed by atoms with Gasteiger partial charge in [-0.1, -0.05) is 25.1 Å². The minimum absolute atomic E-state index is 0.0139. The first kappa shape index (κ1) is 14.8. The molecule has 116 valence electrons. The van der Waals surface area contributed by atoms with E-state index in [1.54, 1.807) is 0 Å². The number of likely N-dealkylation sites (tertiary alicyclic amines) is 1. The summed E-state index contributed by atoms with van der Waals surface area (Å²) >= 11 is 0. The van der Waals surface area contributed by atoms with E-state index in [0.717, 1.165) is 19.5 Å². The molecule has 0 spiro atoms. The highest BCUT2D eigenvalue weighted by atomic mass is 16.2. The summed E-state index contributed by atoms with van der Waals surface area (Å²) in [5.41, 5.74) is 1.21. The molecular formula is C17H21N3O2. The second-order valence-electron chi connectivity index (χ2n) is 6.09. The minimum Gasteiger partial charge on any atom is -0.337 e. The van der Waals surface area contributed by atoms with Gasteiger partial charge < -0.3 is 4.90 Å². The fraction of sp³-hybridized carbons (Fsp3) is 0.471. The van der Waals surface area contributed by atoms with Crippen molar-refractivity contribution >= 4 is 23.2 Å². The van der Waals surface area contributed by atoms with Crippen LogP contribution in [0.4, 0.5) is 5.69 Å². The molecule has 1 aromatic rings. The van der Waals surface area contributed by atoms with Gasteiger partial charge in [0, 0.05) is 25.9 Å². The van der Waals surface area contributed by atoms with E-state index in [1.165, 1.54) is 11.4 Å². The number of anilines is 1. The molecule has 1 aromatic carbocycles. The average molecular weight is 299 g/mol. The van der Waals surface area contributed by atoms with E-state index in [2.05, 4.69) is 12.0 Å². The largest absolute Gasteiger partial charge is 0.337 e. The molecule has 0 bridgehead atoms. The van der Waals surface area contributed by atoms with Crippen molar-refractivity contribution in [3.05, 3.63) is 30.3 Å². The molecule has 2 heterocycles. The lowest BCUT2D eigenvalue weighted by Crippen LogP contribution is -2.45. The normalized spacial score (nSPS) is 22.5. The highest BCUT2D eigenvalue weighted by Gasteiger charge is 2.29. The predicted octanol–water partition coefficient (Wildman–Crippen LogP) is 2.43. The fourth-order valence-electron chi connectivity index (χ4n) is 3.03. The quantitative estimate of drug-likeness (QED) is 0.842. The number of amides is 2. The van der Waals surface area contributed by atoms with Gasteiger partial charge in [-0.3, -0.25) is 9.59 Å². The molecule has 0 aromatic heterocycles. The van der Waals surface area contributed by atoms with E-state index in [1.807, 2.05) is 35.2 Å². The summed E-state index contributed by atoms with van der Waals surface area (Å²) in [6, 6.07) is 9.28. The molecule has 2 amide bonds. The highest BCUT2D eigenvalue weighted by Crippen LogP contribution is 2.22. The SMILES string of the molecule is CC1CCCN(C(=O)C2=NN(c3ccccc3)C(=O)CC2)C1. The molecule has 5 heteroatoms. The third-order valence-corrected chi connectivity index (χ3v) is 4.22. The molecule has 0 aliphatic carbocycles. The Morgan fingerprint density at radius 1 is 1.23 bits per heavy atom. The lowest BCUT2D eigenvalue weighted by molar-refractivity contribution is -0.126. The van der Waals surface area contributed by atoms with Crippen molar-refractivity contribution in [1.82, 2.24) is 4.90 Å². The molecule has 22 heavy (non-hydrogen) atoms. The van der Waals surface area contributed by atoms with Crippen molar-refractivity contribution in [2.24, 2.45) is 11.0 Å². The third-order valence-electron chi connectivity index (χ3n) is 4.22. The Labute approximate surface area is 130 Å². The fourth-order valence-corrected chi connectivity index (χ4v) is 3.03. The molecule has 1 unspecified atom stereocenters. The molecule has 0 saturated carbocycles. The predicted molar refractivity (Wildman–Crippen MR) is 85.6 cm³/mol. The van der Waals surface area contributed by atoms with Crippen molar-refractivity contribution in [3.63, 3.8) is 0 Å². The second kappa shape index (κ2) is 6.30. The van der Waals surface area contributed by atoms with Gasteiger partial charge in [0.1, 0.15) is 5.71 Å². The topological polar surface area (TPSA) is 53.0 Å². The maximum atomic E-state index is 12.6. The third kappa shape index (κ3) is 3.03. The van der Waals surface area contributed by atoms with Crippen LogP contribution in [0, 0.1) is 5.92 Å². The van der Waals surface area contributed by atoms with Crippen LogP contribution in [-0.2, 0) is 9.59 Å². The van der Waals surface area contributed by atoms with E-state index in [9.17, 15) is 9.59 Å². The summed E-state index contributed by atoms with van der Waals surface area (Å²) in [5, 5.41) is 5.71. The Morgan fingerprint density at radius 3 is 2.73 bits per heavy atom. The summed E-state index contributed by atoms with van der Waals surface area (Å²) in [6.45, 7) is 3.75. The zero-order valence-corrected chi connectivity index (χ0v) is 12.9. The Morgan fingerprint density at radius 2 is 2.00 bits per heavy atom. The number of nitrogens with zero attached hydrogens (tertiary/aromatic N) is 3. The monoisotopic (exact) mass is 299 g/mol. The van der Waals surface area contributed by atoms with Crippen molar-refractivity contribution < 1.29 is 9.59 Å². The number of benzene rings is 1. The van der Waals surface area contributed by atoms with Gasteiger partial charge in [0.2, 0.25) is 5.91 Å². The Kier molecular flexibility index (Phi) is 4.22. The summed E-state index contributed by atoms with van der Waals surface area (Å²) in [6.07, 6.45) is 2.99. The molecule has 5 nitrogen and oxygen atoms in total. The first-order valence-electron chi connectivity index (χ1n) is 7.90. The van der Waals surface area contributed by atoms with Gasteiger partial charge >= 0.3 is 0 Å². The number of rotatable bonds is 2. The van der Waals surface area contributed by atoms with Crippen LogP contribution in [0.1, 0.15) is 32.6 Å². The van der Waals surface area contributed by atoms with Gasteiger partial charge in [0.15, 0.2) is 0 Å². The first-order valence-corrected chi connectivity index (χ1v) is 7.90. The standard InChI is InChI=1S/C17H21N3O2/c1-13-6-5-11-19(12-13)17(22)15-9-10-16(21)20(18-15)14-7-3-2-4-8-14/h2-4,7-8,13H,5-6,9-12H2,1H3. The molecule has 2 aliphatic rings. The lowest BCUT2D eigenvalue weighted by Gasteiger charge is -2.32. The van der Waals surface area contributed by atoms with Gasteiger partial charge in [0.05, 0.1) is 5.69 Å². The van der Waals surface area contributed by atoms with E-state index < -0.39 is 0 Å². The van der Waals surface area contributed by atoms with Gasteiger partial charge in [-0.2, -0.15) is 5.10 Å². The van der Waals surface area contributed by atoms with Gasteiger partial charge in [-0.15, -0.1) is 0 Å². The number of hydrazone groups is 1. The number of hydrogen-bond donors (Lipinski definition) is 0. The van der Waals surface area contributed by atoms with Crippen LogP contribution >= 0.6 is 0 Å². The van der Waals surface area contributed by atoms with Crippen LogP contribution in [0.3, 0.4) is 0 Å². The van der Waals surface area contributed by atoms with E-state index in [4.69, 9.17) is 0 Å². The van der Waals surface area contributed by atoms with Gasteiger partial charge in [0.25, 0.3) is 5.91 Å². The molecular weight excluding hydrogens is 278 g/mol. The van der Waals surface area contributed by atoms with Gasteiger partial charge in [-0.05, 0) is 30.9 Å². The molecule has 3 rings (SSSR count). The van der Waals surface area contributed by atoms with E-state index >= 15 is 0 Å². The number of hydrogen-bond acceptors (Lipinski definition) is 3. The minimum atomic E-state index is -0.0604. The number of para-hydroxylation sites is 1. The number of piperidine rings is 1. The Balaban J connectivity index is 1.81. The van der Waals surface area contributed by atoms with Crippen molar-refractivity contribution in [2.45, 2.75) is 32.6 Å². The van der Waals surface area contributed by atoms with Crippen LogP contribution < -0.4 is 5.01 Å². The molecule has 0 N–H and O–H groups in total. The molecule has 1 fully saturated rings. The second-order valence-corrected chi connectivity index (χ2v) is 6.09. The summed E-state index contributed by atoms with van der Waals surface area (Å²) < 4.78 is 0. The average Bonchev–Trinajstić information content (AvgIpc) is 2.55. The zero-order valence-electron chi connectivity index (χ0n) is 12.9. The van der Waals surface area contributed by atoms with Crippen LogP contribution in [-0.4, -0.2) is 35.5 Å². The Hall–Kier alpha value is -2.17.